The van der Waals surface area contributed by atoms with Gasteiger partial charge in [0.1, 0.15) is 5.54 Å². The van der Waals surface area contributed by atoms with Gasteiger partial charge in [-0.05, 0) is 49.8 Å². The number of carbonyl (C=O) groups excluding carboxylic acids is 3. The van der Waals surface area contributed by atoms with Crippen molar-refractivity contribution in [2.75, 3.05) is 26.3 Å². The van der Waals surface area contributed by atoms with Gasteiger partial charge in [0.05, 0.1) is 5.41 Å². The Kier molecular flexibility index (Phi) is 6.16. The van der Waals surface area contributed by atoms with E-state index < -0.39 is 11.0 Å². The Hall–Kier alpha value is -1.93. The van der Waals surface area contributed by atoms with E-state index in [2.05, 4.69) is 26.6 Å². The SMILES string of the molecule is O=C1NC2(CCCC2)C(=O)N1CCCNC(=O)C1(c2ccc(Br)cc2)CCOCC1. The van der Waals surface area contributed by atoms with E-state index >= 15 is 0 Å². The summed E-state index contributed by atoms with van der Waals surface area (Å²) in [4.78, 5) is 39.5. The van der Waals surface area contributed by atoms with Gasteiger partial charge in [0, 0.05) is 30.8 Å². The highest BCUT2D eigenvalue weighted by molar-refractivity contribution is 9.10. The van der Waals surface area contributed by atoms with Crippen molar-refractivity contribution in [1.29, 1.82) is 0 Å². The summed E-state index contributed by atoms with van der Waals surface area (Å²) in [5.74, 6) is -0.121. The molecule has 1 aromatic carbocycles. The van der Waals surface area contributed by atoms with E-state index in [-0.39, 0.29) is 17.8 Å². The first kappa shape index (κ1) is 21.3. The first-order chi connectivity index (χ1) is 14.5. The lowest BCUT2D eigenvalue weighted by Gasteiger charge is -2.36. The minimum Gasteiger partial charge on any atom is -0.381 e. The number of benzene rings is 1. The van der Waals surface area contributed by atoms with Gasteiger partial charge >= 0.3 is 6.03 Å². The Balaban J connectivity index is 1.35. The molecule has 1 saturated carbocycles. The van der Waals surface area contributed by atoms with Crippen LogP contribution in [0, 0.1) is 0 Å². The standard InChI is InChI=1S/C22H28BrN3O4/c23-17-6-4-16(5-7-17)21(10-14-30-15-11-21)18(27)24-12-3-13-26-19(28)22(25-20(26)29)8-1-2-9-22/h4-7H,1-3,8-15H2,(H,24,27)(H,25,29). The number of hydrogen-bond acceptors (Lipinski definition) is 4. The van der Waals surface area contributed by atoms with Gasteiger partial charge in [-0.1, -0.05) is 40.9 Å². The summed E-state index contributed by atoms with van der Waals surface area (Å²) in [7, 11) is 0. The number of imide groups is 1. The largest absolute Gasteiger partial charge is 0.381 e. The lowest BCUT2D eigenvalue weighted by atomic mass is 9.73. The van der Waals surface area contributed by atoms with Crippen LogP contribution in [0.25, 0.3) is 0 Å². The molecular weight excluding hydrogens is 450 g/mol. The van der Waals surface area contributed by atoms with Crippen molar-refractivity contribution in [1.82, 2.24) is 15.5 Å². The van der Waals surface area contributed by atoms with Crippen LogP contribution in [0.1, 0.15) is 50.5 Å². The number of nitrogens with zero attached hydrogens (tertiary/aromatic N) is 1. The van der Waals surface area contributed by atoms with Crippen molar-refractivity contribution < 1.29 is 19.1 Å². The smallest absolute Gasteiger partial charge is 0.325 e. The van der Waals surface area contributed by atoms with Crippen LogP contribution in [0.2, 0.25) is 0 Å². The number of ether oxygens (including phenoxy) is 1. The highest BCUT2D eigenvalue weighted by atomic mass is 79.9. The van der Waals surface area contributed by atoms with Gasteiger partial charge in [-0.15, -0.1) is 0 Å². The molecule has 2 heterocycles. The molecule has 8 heteroatoms. The molecule has 7 nitrogen and oxygen atoms in total. The third-order valence-electron chi connectivity index (χ3n) is 6.72. The Morgan fingerprint density at radius 2 is 1.77 bits per heavy atom. The van der Waals surface area contributed by atoms with Crippen molar-refractivity contribution in [3.63, 3.8) is 0 Å². The van der Waals surface area contributed by atoms with Gasteiger partial charge in [0.15, 0.2) is 0 Å². The molecule has 1 aromatic rings. The monoisotopic (exact) mass is 477 g/mol. The summed E-state index contributed by atoms with van der Waals surface area (Å²) in [5, 5.41) is 5.94. The molecule has 1 aliphatic carbocycles. The number of urea groups is 1. The predicted molar refractivity (Wildman–Crippen MR) is 115 cm³/mol. The molecule has 0 aromatic heterocycles. The summed E-state index contributed by atoms with van der Waals surface area (Å²) >= 11 is 3.45. The normalized spacial score (nSPS) is 22.4. The molecule has 3 aliphatic rings. The van der Waals surface area contributed by atoms with Gasteiger partial charge in [0.2, 0.25) is 5.91 Å². The van der Waals surface area contributed by atoms with Gasteiger partial charge in [0.25, 0.3) is 5.91 Å². The Morgan fingerprint density at radius 3 is 2.43 bits per heavy atom. The van der Waals surface area contributed by atoms with Crippen molar-refractivity contribution in [2.24, 2.45) is 0 Å². The molecule has 30 heavy (non-hydrogen) atoms. The number of amides is 4. The molecule has 0 bridgehead atoms. The fourth-order valence-corrected chi connectivity index (χ4v) is 5.20. The topological polar surface area (TPSA) is 87.7 Å². The van der Waals surface area contributed by atoms with Crippen LogP contribution in [0.15, 0.2) is 28.7 Å². The Morgan fingerprint density at radius 1 is 1.10 bits per heavy atom. The zero-order chi connectivity index (χ0) is 21.2. The molecule has 1 spiro atoms. The summed E-state index contributed by atoms with van der Waals surface area (Å²) in [6.45, 7) is 1.84. The first-order valence-electron chi connectivity index (χ1n) is 10.7. The third-order valence-corrected chi connectivity index (χ3v) is 7.25. The second-order valence-corrected chi connectivity index (χ2v) is 9.40. The van der Waals surface area contributed by atoms with Gasteiger partial charge in [-0.3, -0.25) is 14.5 Å². The third kappa shape index (κ3) is 3.87. The van der Waals surface area contributed by atoms with Crippen LogP contribution in [0.3, 0.4) is 0 Å². The summed E-state index contributed by atoms with van der Waals surface area (Å²) in [6, 6.07) is 7.59. The van der Waals surface area contributed by atoms with E-state index in [4.69, 9.17) is 4.74 Å². The molecule has 3 fully saturated rings. The van der Waals surface area contributed by atoms with E-state index in [0.29, 0.717) is 45.6 Å². The van der Waals surface area contributed by atoms with E-state index in [1.54, 1.807) is 0 Å². The lowest BCUT2D eigenvalue weighted by Crippen LogP contribution is -2.48. The zero-order valence-corrected chi connectivity index (χ0v) is 18.6. The molecule has 2 N–H and O–H groups in total. The van der Waals surface area contributed by atoms with E-state index in [9.17, 15) is 14.4 Å². The van der Waals surface area contributed by atoms with E-state index in [0.717, 1.165) is 35.7 Å². The highest BCUT2D eigenvalue weighted by Gasteiger charge is 2.52. The van der Waals surface area contributed by atoms with E-state index in [1.807, 2.05) is 24.3 Å². The van der Waals surface area contributed by atoms with Crippen LogP contribution in [-0.4, -0.2) is 54.6 Å². The summed E-state index contributed by atoms with van der Waals surface area (Å²) in [6.07, 6.45) is 5.20. The maximum Gasteiger partial charge on any atom is 0.325 e. The lowest BCUT2D eigenvalue weighted by molar-refractivity contribution is -0.131. The minimum absolute atomic E-state index is 0.0161. The Labute approximate surface area is 185 Å². The second-order valence-electron chi connectivity index (χ2n) is 8.49. The Bertz CT molecular complexity index is 814. The second kappa shape index (κ2) is 8.67. The summed E-state index contributed by atoms with van der Waals surface area (Å²) < 4.78 is 6.48. The van der Waals surface area contributed by atoms with Crippen LogP contribution in [0.5, 0.6) is 0 Å². The quantitative estimate of drug-likeness (QED) is 0.486. The fraction of sp³-hybridized carbons (Fsp3) is 0.591. The maximum absolute atomic E-state index is 13.2. The molecule has 4 rings (SSSR count). The number of rotatable bonds is 6. The van der Waals surface area contributed by atoms with Gasteiger partial charge in [-0.2, -0.15) is 0 Å². The molecule has 2 saturated heterocycles. The number of hydrogen-bond donors (Lipinski definition) is 2. The van der Waals surface area contributed by atoms with Crippen LogP contribution < -0.4 is 10.6 Å². The molecule has 0 radical (unpaired) electrons. The number of carbonyl (C=O) groups is 3. The maximum atomic E-state index is 13.2. The van der Waals surface area contributed by atoms with Crippen molar-refractivity contribution in [3.05, 3.63) is 34.3 Å². The highest BCUT2D eigenvalue weighted by Crippen LogP contribution is 2.36. The molecular formula is C22H28BrN3O4. The van der Waals surface area contributed by atoms with Crippen molar-refractivity contribution in [2.45, 2.75) is 55.9 Å². The number of nitrogens with one attached hydrogen (secondary N) is 2. The van der Waals surface area contributed by atoms with Crippen LogP contribution >= 0.6 is 15.9 Å². The number of halogens is 1. The van der Waals surface area contributed by atoms with Crippen LogP contribution in [0.4, 0.5) is 4.79 Å². The van der Waals surface area contributed by atoms with Crippen LogP contribution in [-0.2, 0) is 19.7 Å². The molecule has 162 valence electrons. The van der Waals surface area contributed by atoms with Crippen molar-refractivity contribution >= 4 is 33.8 Å². The molecule has 0 unspecified atom stereocenters. The fourth-order valence-electron chi connectivity index (χ4n) is 4.94. The van der Waals surface area contributed by atoms with Gasteiger partial charge in [-0.25, -0.2) is 4.79 Å². The predicted octanol–water partition coefficient (Wildman–Crippen LogP) is 2.87. The zero-order valence-electron chi connectivity index (χ0n) is 17.0. The van der Waals surface area contributed by atoms with E-state index in [1.165, 1.54) is 4.90 Å². The van der Waals surface area contributed by atoms with Crippen molar-refractivity contribution in [3.8, 4) is 0 Å². The minimum atomic E-state index is -0.673. The first-order valence-corrected chi connectivity index (χ1v) is 11.5. The average molecular weight is 478 g/mol. The average Bonchev–Trinajstić information content (AvgIpc) is 3.31. The van der Waals surface area contributed by atoms with Gasteiger partial charge < -0.3 is 15.4 Å². The summed E-state index contributed by atoms with van der Waals surface area (Å²) in [5.41, 5.74) is -0.286. The molecule has 4 amide bonds. The molecule has 2 aliphatic heterocycles. The molecule has 0 atom stereocenters.